The third kappa shape index (κ3) is 5.82. The quantitative estimate of drug-likeness (QED) is 0.369. The Morgan fingerprint density at radius 1 is 0.710 bits per heavy atom. The molecule has 4 heteroatoms. The van der Waals surface area contributed by atoms with Gasteiger partial charge in [-0.3, -0.25) is 9.59 Å². The molecule has 0 N–H and O–H groups in total. The Labute approximate surface area is 183 Å². The number of carbonyl (C=O) groups is 2. The fourth-order valence-corrected chi connectivity index (χ4v) is 3.51. The molecule has 0 radical (unpaired) electrons. The summed E-state index contributed by atoms with van der Waals surface area (Å²) in [6, 6.07) is 23.2. The van der Waals surface area contributed by atoms with Gasteiger partial charge in [-0.15, -0.1) is 0 Å². The minimum atomic E-state index is -0.318. The Balaban J connectivity index is 1.62. The molecule has 0 saturated heterocycles. The van der Waals surface area contributed by atoms with Crippen LogP contribution in [0.2, 0.25) is 0 Å². The minimum absolute atomic E-state index is 0.116. The Kier molecular flexibility index (Phi) is 6.91. The number of methoxy groups -OCH3 is 1. The zero-order valence-corrected chi connectivity index (χ0v) is 18.5. The van der Waals surface area contributed by atoms with Gasteiger partial charge in [0, 0.05) is 11.8 Å². The number of hydrogen-bond acceptors (Lipinski definition) is 4. The number of Topliss-reactive ketones (excluding diaryl/α,β-unsaturated/α-hetero) is 1. The predicted molar refractivity (Wildman–Crippen MR) is 122 cm³/mol. The highest BCUT2D eigenvalue weighted by Crippen LogP contribution is 2.33. The number of benzene rings is 3. The lowest BCUT2D eigenvalue weighted by Crippen LogP contribution is -2.19. The Hall–Kier alpha value is -3.40. The fourth-order valence-electron chi connectivity index (χ4n) is 3.51. The van der Waals surface area contributed by atoms with Gasteiger partial charge in [0.1, 0.15) is 17.3 Å². The van der Waals surface area contributed by atoms with Gasteiger partial charge in [0.15, 0.2) is 0 Å². The first kappa shape index (κ1) is 22.3. The number of ether oxygens (including phenoxy) is 2. The van der Waals surface area contributed by atoms with Crippen molar-refractivity contribution in [1.82, 2.24) is 0 Å². The molecule has 0 bridgehead atoms. The van der Waals surface area contributed by atoms with E-state index >= 15 is 0 Å². The Bertz CT molecular complexity index is 1030. The number of hydrogen-bond donors (Lipinski definition) is 0. The molecule has 3 aromatic rings. The maximum absolute atomic E-state index is 12.3. The zero-order chi connectivity index (χ0) is 22.4. The van der Waals surface area contributed by atoms with E-state index in [0.29, 0.717) is 12.2 Å². The SMILES string of the molecule is COc1ccc(C(C)(C)c2ccc(OC(=O)Cc3ccc(CC(C)=O)cc3)cc2)cc1. The maximum Gasteiger partial charge on any atom is 0.315 e. The Morgan fingerprint density at radius 2 is 1.16 bits per heavy atom. The summed E-state index contributed by atoms with van der Waals surface area (Å²) in [5, 5.41) is 0. The summed E-state index contributed by atoms with van der Waals surface area (Å²) in [4.78, 5) is 23.5. The summed E-state index contributed by atoms with van der Waals surface area (Å²) in [6.07, 6.45) is 0.587. The monoisotopic (exact) mass is 416 g/mol. The summed E-state index contributed by atoms with van der Waals surface area (Å²) in [5.74, 6) is 1.15. The molecule has 0 aliphatic rings. The minimum Gasteiger partial charge on any atom is -0.497 e. The lowest BCUT2D eigenvalue weighted by molar-refractivity contribution is -0.133. The molecule has 0 aliphatic heterocycles. The number of carbonyl (C=O) groups excluding carboxylic acids is 2. The molecule has 0 amide bonds. The lowest BCUT2D eigenvalue weighted by Gasteiger charge is -2.26. The summed E-state index contributed by atoms with van der Waals surface area (Å²) >= 11 is 0. The first-order valence-corrected chi connectivity index (χ1v) is 10.3. The average Bonchev–Trinajstić information content (AvgIpc) is 2.75. The summed E-state index contributed by atoms with van der Waals surface area (Å²) in [5.41, 5.74) is 3.90. The van der Waals surface area contributed by atoms with Crippen molar-refractivity contribution < 1.29 is 19.1 Å². The molecule has 0 aliphatic carbocycles. The largest absolute Gasteiger partial charge is 0.497 e. The van der Waals surface area contributed by atoms with E-state index in [1.807, 2.05) is 60.7 Å². The summed E-state index contributed by atoms with van der Waals surface area (Å²) in [7, 11) is 1.66. The molecule has 0 atom stereocenters. The highest BCUT2D eigenvalue weighted by molar-refractivity contribution is 5.78. The predicted octanol–water partition coefficient (Wildman–Crippen LogP) is 5.30. The van der Waals surface area contributed by atoms with Crippen LogP contribution in [0.1, 0.15) is 43.0 Å². The van der Waals surface area contributed by atoms with Crippen LogP contribution in [0.25, 0.3) is 0 Å². The molecule has 3 aromatic carbocycles. The van der Waals surface area contributed by atoms with Crippen molar-refractivity contribution in [3.8, 4) is 11.5 Å². The third-order valence-corrected chi connectivity index (χ3v) is 5.44. The molecule has 0 heterocycles. The molecule has 3 rings (SSSR count). The highest BCUT2D eigenvalue weighted by Gasteiger charge is 2.23. The van der Waals surface area contributed by atoms with Crippen LogP contribution in [0.4, 0.5) is 0 Å². The second-order valence-corrected chi connectivity index (χ2v) is 8.22. The van der Waals surface area contributed by atoms with Crippen LogP contribution in [0.3, 0.4) is 0 Å². The van der Waals surface area contributed by atoms with E-state index < -0.39 is 0 Å². The second kappa shape index (κ2) is 9.61. The molecule has 0 aromatic heterocycles. The van der Waals surface area contributed by atoms with Crippen LogP contribution < -0.4 is 9.47 Å². The highest BCUT2D eigenvalue weighted by atomic mass is 16.5. The van der Waals surface area contributed by atoms with Crippen LogP contribution in [-0.2, 0) is 27.8 Å². The van der Waals surface area contributed by atoms with Crippen molar-refractivity contribution >= 4 is 11.8 Å². The number of ketones is 1. The summed E-state index contributed by atoms with van der Waals surface area (Å²) in [6.45, 7) is 5.88. The molecule has 0 spiro atoms. The maximum atomic E-state index is 12.3. The molecule has 31 heavy (non-hydrogen) atoms. The van der Waals surface area contributed by atoms with E-state index in [2.05, 4.69) is 26.0 Å². The smallest absolute Gasteiger partial charge is 0.315 e. The van der Waals surface area contributed by atoms with Crippen molar-refractivity contribution in [2.75, 3.05) is 7.11 Å². The van der Waals surface area contributed by atoms with Crippen molar-refractivity contribution in [3.05, 3.63) is 95.1 Å². The molecule has 0 unspecified atom stereocenters. The van der Waals surface area contributed by atoms with Crippen molar-refractivity contribution in [1.29, 1.82) is 0 Å². The van der Waals surface area contributed by atoms with E-state index in [0.717, 1.165) is 22.4 Å². The van der Waals surface area contributed by atoms with Gasteiger partial charge in [0.2, 0.25) is 0 Å². The van der Waals surface area contributed by atoms with E-state index in [1.54, 1.807) is 14.0 Å². The van der Waals surface area contributed by atoms with Gasteiger partial charge in [0.05, 0.1) is 13.5 Å². The third-order valence-electron chi connectivity index (χ3n) is 5.44. The Morgan fingerprint density at radius 3 is 1.61 bits per heavy atom. The first-order valence-electron chi connectivity index (χ1n) is 10.3. The second-order valence-electron chi connectivity index (χ2n) is 8.22. The van der Waals surface area contributed by atoms with E-state index in [9.17, 15) is 9.59 Å². The van der Waals surface area contributed by atoms with Gasteiger partial charge in [-0.2, -0.15) is 0 Å². The van der Waals surface area contributed by atoms with Crippen LogP contribution >= 0.6 is 0 Å². The van der Waals surface area contributed by atoms with Gasteiger partial charge in [-0.05, 0) is 53.4 Å². The normalized spacial score (nSPS) is 11.1. The zero-order valence-electron chi connectivity index (χ0n) is 18.5. The van der Waals surface area contributed by atoms with E-state index in [1.165, 1.54) is 5.56 Å². The van der Waals surface area contributed by atoms with E-state index in [-0.39, 0.29) is 23.6 Å². The molecule has 160 valence electrons. The number of esters is 1. The first-order chi connectivity index (χ1) is 14.8. The average molecular weight is 417 g/mol. The van der Waals surface area contributed by atoms with Crippen LogP contribution in [-0.4, -0.2) is 18.9 Å². The molecular formula is C27H28O4. The summed E-state index contributed by atoms with van der Waals surface area (Å²) < 4.78 is 10.7. The van der Waals surface area contributed by atoms with Gasteiger partial charge in [0.25, 0.3) is 0 Å². The van der Waals surface area contributed by atoms with Gasteiger partial charge < -0.3 is 9.47 Å². The fraction of sp³-hybridized carbons (Fsp3) is 0.259. The number of rotatable bonds is 8. The molecular weight excluding hydrogens is 388 g/mol. The van der Waals surface area contributed by atoms with Gasteiger partial charge >= 0.3 is 5.97 Å². The lowest BCUT2D eigenvalue weighted by atomic mass is 9.78. The van der Waals surface area contributed by atoms with Crippen LogP contribution in [0.15, 0.2) is 72.8 Å². The van der Waals surface area contributed by atoms with Crippen LogP contribution in [0, 0.1) is 0 Å². The standard InChI is InChI=1S/C27H28O4/c1-19(28)17-20-5-7-21(8-6-20)18-26(29)31-25-15-11-23(12-16-25)27(2,3)22-9-13-24(30-4)14-10-22/h5-16H,17-18H2,1-4H3. The molecule has 0 fully saturated rings. The topological polar surface area (TPSA) is 52.6 Å². The van der Waals surface area contributed by atoms with E-state index in [4.69, 9.17) is 9.47 Å². The molecule has 4 nitrogen and oxygen atoms in total. The van der Waals surface area contributed by atoms with Gasteiger partial charge in [-0.1, -0.05) is 62.4 Å². The van der Waals surface area contributed by atoms with Crippen molar-refractivity contribution in [2.24, 2.45) is 0 Å². The molecule has 0 saturated carbocycles. The van der Waals surface area contributed by atoms with Gasteiger partial charge in [-0.25, -0.2) is 0 Å². The van der Waals surface area contributed by atoms with Crippen molar-refractivity contribution in [3.63, 3.8) is 0 Å². The van der Waals surface area contributed by atoms with Crippen molar-refractivity contribution in [2.45, 2.75) is 39.0 Å². The van der Waals surface area contributed by atoms with Crippen LogP contribution in [0.5, 0.6) is 11.5 Å².